The highest BCUT2D eigenvalue weighted by molar-refractivity contribution is 5.43. The number of aryl methyl sites for hydroxylation is 1. The lowest BCUT2D eigenvalue weighted by molar-refractivity contribution is -0.276. The second kappa shape index (κ2) is 8.86. The lowest BCUT2D eigenvalue weighted by atomic mass is 9.79. The minimum absolute atomic E-state index is 0.0848. The molecule has 0 heterocycles. The Balaban J connectivity index is 1.86. The van der Waals surface area contributed by atoms with Crippen LogP contribution in [0.2, 0.25) is 0 Å². The summed E-state index contributed by atoms with van der Waals surface area (Å²) in [5, 5.41) is 0. The minimum Gasteiger partial charge on any atom is -0.399 e. The molecule has 0 radical (unpaired) electrons. The molecule has 0 aromatic heterocycles. The number of rotatable bonds is 6. The van der Waals surface area contributed by atoms with Crippen LogP contribution in [0.15, 0.2) is 18.2 Å². The van der Waals surface area contributed by atoms with Crippen molar-refractivity contribution in [2.75, 3.05) is 0 Å². The van der Waals surface area contributed by atoms with Crippen LogP contribution in [0.25, 0.3) is 0 Å². The number of hydrogen-bond acceptors (Lipinski definition) is 1. The highest BCUT2D eigenvalue weighted by Crippen LogP contribution is 2.40. The Morgan fingerprint density at radius 1 is 0.967 bits per heavy atom. The second-order valence-corrected chi connectivity index (χ2v) is 7.56. The van der Waals surface area contributed by atoms with Crippen LogP contribution < -0.4 is 4.74 Å². The summed E-state index contributed by atoms with van der Waals surface area (Å²) in [6, 6.07) is 3.32. The molecule has 0 aliphatic heterocycles. The zero-order chi connectivity index (χ0) is 22.1. The van der Waals surface area contributed by atoms with Crippen molar-refractivity contribution in [1.29, 1.82) is 0 Å². The van der Waals surface area contributed by atoms with Crippen molar-refractivity contribution in [3.63, 3.8) is 0 Å². The molecular formula is C22H21F7O. The predicted octanol–water partition coefficient (Wildman–Crippen LogP) is 7.15. The van der Waals surface area contributed by atoms with Crippen LogP contribution >= 0.6 is 0 Å². The lowest BCUT2D eigenvalue weighted by Gasteiger charge is -2.27. The second-order valence-electron chi connectivity index (χ2n) is 7.56. The maximum absolute atomic E-state index is 14.7. The highest BCUT2D eigenvalue weighted by Gasteiger charge is 2.36. The average Bonchev–Trinajstić information content (AvgIpc) is 2.64. The van der Waals surface area contributed by atoms with E-state index in [9.17, 15) is 30.7 Å². The van der Waals surface area contributed by atoms with E-state index in [2.05, 4.69) is 4.74 Å². The Labute approximate surface area is 169 Å². The predicted molar refractivity (Wildman–Crippen MR) is 97.4 cm³/mol. The fourth-order valence-electron chi connectivity index (χ4n) is 4.03. The molecule has 0 bridgehead atoms. The van der Waals surface area contributed by atoms with Crippen molar-refractivity contribution < 1.29 is 35.5 Å². The molecule has 2 aromatic carbocycles. The first-order chi connectivity index (χ1) is 14.1. The van der Waals surface area contributed by atoms with Crippen LogP contribution in [-0.2, 0) is 19.3 Å². The van der Waals surface area contributed by atoms with Gasteiger partial charge in [0.15, 0.2) is 11.6 Å². The number of benzene rings is 2. The fraction of sp³-hybridized carbons (Fsp3) is 0.455. The third kappa shape index (κ3) is 4.90. The highest BCUT2D eigenvalue weighted by atomic mass is 19.4. The van der Waals surface area contributed by atoms with E-state index in [0.717, 1.165) is 25.3 Å². The van der Waals surface area contributed by atoms with Gasteiger partial charge in [0, 0.05) is 5.56 Å². The molecule has 8 heteroatoms. The summed E-state index contributed by atoms with van der Waals surface area (Å²) >= 11 is 0. The summed E-state index contributed by atoms with van der Waals surface area (Å²) in [7, 11) is 0. The monoisotopic (exact) mass is 434 g/mol. The Kier molecular flexibility index (Phi) is 6.62. The van der Waals surface area contributed by atoms with Gasteiger partial charge >= 0.3 is 6.36 Å². The SMILES string of the molecule is CCCCCc1cc(F)c(C2CCc3c(cc(F)c(OC(F)(F)F)c3F)C2)c(F)c1. The first-order valence-electron chi connectivity index (χ1n) is 9.84. The number of halogens is 7. The summed E-state index contributed by atoms with van der Waals surface area (Å²) in [5.74, 6) is -6.53. The van der Waals surface area contributed by atoms with Crippen molar-refractivity contribution in [2.24, 2.45) is 0 Å². The molecule has 1 aliphatic carbocycles. The van der Waals surface area contributed by atoms with E-state index < -0.39 is 41.3 Å². The van der Waals surface area contributed by atoms with Crippen LogP contribution in [0, 0.1) is 23.3 Å². The van der Waals surface area contributed by atoms with E-state index in [4.69, 9.17) is 0 Å². The Hall–Kier alpha value is -2.25. The molecule has 1 unspecified atom stereocenters. The molecule has 0 amide bonds. The minimum atomic E-state index is -5.24. The fourth-order valence-corrected chi connectivity index (χ4v) is 4.03. The zero-order valence-corrected chi connectivity index (χ0v) is 16.3. The number of unbranched alkanes of at least 4 members (excludes halogenated alkanes) is 2. The summed E-state index contributed by atoms with van der Waals surface area (Å²) in [6.45, 7) is 2.02. The largest absolute Gasteiger partial charge is 0.573 e. The van der Waals surface area contributed by atoms with Gasteiger partial charge in [0.1, 0.15) is 11.6 Å². The molecule has 1 aliphatic rings. The Bertz CT molecular complexity index is 898. The number of hydrogen-bond donors (Lipinski definition) is 0. The van der Waals surface area contributed by atoms with E-state index in [1.807, 2.05) is 6.92 Å². The van der Waals surface area contributed by atoms with Gasteiger partial charge in [-0.05, 0) is 72.9 Å². The standard InChI is InChI=1S/C22H21F7O/c1-2-3-4-5-12-8-16(23)19(17(24)9-12)13-6-7-15-14(10-13)11-18(25)21(20(15)26)30-22(27,28)29/h8-9,11,13H,2-7,10H2,1H3. The summed E-state index contributed by atoms with van der Waals surface area (Å²) in [4.78, 5) is 0. The van der Waals surface area contributed by atoms with Crippen LogP contribution in [0.3, 0.4) is 0 Å². The number of alkyl halides is 3. The van der Waals surface area contributed by atoms with Crippen LogP contribution in [-0.4, -0.2) is 6.36 Å². The Morgan fingerprint density at radius 3 is 2.23 bits per heavy atom. The van der Waals surface area contributed by atoms with Crippen molar-refractivity contribution in [3.8, 4) is 5.75 Å². The van der Waals surface area contributed by atoms with E-state index >= 15 is 0 Å². The van der Waals surface area contributed by atoms with Gasteiger partial charge in [0.25, 0.3) is 0 Å². The van der Waals surface area contributed by atoms with Crippen molar-refractivity contribution >= 4 is 0 Å². The van der Waals surface area contributed by atoms with Gasteiger partial charge in [0.2, 0.25) is 5.75 Å². The molecule has 0 N–H and O–H groups in total. The van der Waals surface area contributed by atoms with Gasteiger partial charge in [-0.1, -0.05) is 19.8 Å². The van der Waals surface area contributed by atoms with Gasteiger partial charge in [0.05, 0.1) is 0 Å². The molecule has 1 atom stereocenters. The third-order valence-corrected chi connectivity index (χ3v) is 5.41. The first-order valence-corrected chi connectivity index (χ1v) is 9.84. The average molecular weight is 434 g/mol. The molecule has 30 heavy (non-hydrogen) atoms. The summed E-state index contributed by atoms with van der Waals surface area (Å²) in [5.41, 5.74) is 0.353. The smallest absolute Gasteiger partial charge is 0.399 e. The molecule has 0 saturated carbocycles. The molecule has 3 rings (SSSR count). The maximum atomic E-state index is 14.7. The lowest BCUT2D eigenvalue weighted by Crippen LogP contribution is -2.22. The van der Waals surface area contributed by atoms with Crippen LogP contribution in [0.1, 0.15) is 60.8 Å². The molecule has 0 spiro atoms. The van der Waals surface area contributed by atoms with Gasteiger partial charge in [-0.3, -0.25) is 0 Å². The van der Waals surface area contributed by atoms with E-state index in [1.54, 1.807) is 0 Å². The quantitative estimate of drug-likeness (QED) is 0.347. The van der Waals surface area contributed by atoms with Crippen molar-refractivity contribution in [3.05, 3.63) is 63.7 Å². The van der Waals surface area contributed by atoms with Crippen molar-refractivity contribution in [2.45, 2.75) is 64.1 Å². The first kappa shape index (κ1) is 22.4. The van der Waals surface area contributed by atoms with Gasteiger partial charge < -0.3 is 4.74 Å². The van der Waals surface area contributed by atoms with Crippen LogP contribution in [0.4, 0.5) is 30.7 Å². The molecule has 1 nitrogen and oxygen atoms in total. The van der Waals surface area contributed by atoms with E-state index in [1.165, 1.54) is 12.1 Å². The maximum Gasteiger partial charge on any atom is 0.573 e. The zero-order valence-electron chi connectivity index (χ0n) is 16.3. The van der Waals surface area contributed by atoms with Gasteiger partial charge in [-0.25, -0.2) is 17.6 Å². The van der Waals surface area contributed by atoms with E-state index in [0.29, 0.717) is 12.0 Å². The molecular weight excluding hydrogens is 413 g/mol. The number of ether oxygens (including phenoxy) is 1. The van der Waals surface area contributed by atoms with Crippen LogP contribution in [0.5, 0.6) is 5.75 Å². The molecule has 0 saturated heterocycles. The summed E-state index contributed by atoms with van der Waals surface area (Å²) in [6.07, 6.45) is -2.01. The molecule has 0 fully saturated rings. The van der Waals surface area contributed by atoms with Crippen molar-refractivity contribution in [1.82, 2.24) is 0 Å². The Morgan fingerprint density at radius 2 is 1.63 bits per heavy atom. The third-order valence-electron chi connectivity index (χ3n) is 5.41. The molecule has 164 valence electrons. The topological polar surface area (TPSA) is 9.23 Å². The van der Waals surface area contributed by atoms with E-state index in [-0.39, 0.29) is 36.0 Å². The van der Waals surface area contributed by atoms with Gasteiger partial charge in [-0.15, -0.1) is 13.2 Å². The number of fused-ring (bicyclic) bond motifs is 1. The van der Waals surface area contributed by atoms with Gasteiger partial charge in [-0.2, -0.15) is 0 Å². The summed E-state index contributed by atoms with van der Waals surface area (Å²) < 4.78 is 98.4. The normalized spacial score (nSPS) is 16.5. The molecule has 2 aromatic rings.